The van der Waals surface area contributed by atoms with Gasteiger partial charge >= 0.3 is 0 Å². The molecule has 1 heterocycles. The van der Waals surface area contributed by atoms with Crippen molar-refractivity contribution in [3.8, 4) is 0 Å². The highest BCUT2D eigenvalue weighted by Crippen LogP contribution is 2.31. The summed E-state index contributed by atoms with van der Waals surface area (Å²) >= 11 is 6.14. The Morgan fingerprint density at radius 2 is 2.00 bits per heavy atom. The molecule has 17 heavy (non-hydrogen) atoms. The van der Waals surface area contributed by atoms with Crippen LogP contribution >= 0.6 is 11.6 Å². The molecule has 2 aliphatic rings. The minimum atomic E-state index is 0.381. The molecule has 0 N–H and O–H groups in total. The minimum Gasteiger partial charge on any atom is -0.373 e. The van der Waals surface area contributed by atoms with Gasteiger partial charge < -0.3 is 4.74 Å². The molecule has 1 saturated carbocycles. The third-order valence-corrected chi connectivity index (χ3v) is 4.74. The Hall–Kier alpha value is 0.210. The largest absolute Gasteiger partial charge is 0.373 e. The van der Waals surface area contributed by atoms with Crippen molar-refractivity contribution in [2.75, 3.05) is 19.0 Å². The summed E-state index contributed by atoms with van der Waals surface area (Å²) < 4.78 is 5.95. The van der Waals surface area contributed by atoms with E-state index in [0.29, 0.717) is 24.2 Å². The van der Waals surface area contributed by atoms with Gasteiger partial charge in [-0.05, 0) is 32.1 Å². The molecule has 0 spiro atoms. The van der Waals surface area contributed by atoms with Crippen LogP contribution in [0.15, 0.2) is 0 Å². The normalized spacial score (nSPS) is 40.4. The highest BCUT2D eigenvalue weighted by atomic mass is 35.5. The van der Waals surface area contributed by atoms with Gasteiger partial charge in [-0.3, -0.25) is 4.90 Å². The van der Waals surface area contributed by atoms with Crippen molar-refractivity contribution < 1.29 is 4.74 Å². The Bertz CT molecular complexity index is 236. The highest BCUT2D eigenvalue weighted by Gasteiger charge is 2.34. The Balaban J connectivity index is 1.98. The molecule has 0 bridgehead atoms. The van der Waals surface area contributed by atoms with Crippen LogP contribution in [-0.2, 0) is 4.74 Å². The fourth-order valence-corrected chi connectivity index (χ4v) is 3.79. The number of morpholine rings is 1. The summed E-state index contributed by atoms with van der Waals surface area (Å²) in [6.07, 6.45) is 7.32. The summed E-state index contributed by atoms with van der Waals surface area (Å²) in [5.41, 5.74) is 0. The fourth-order valence-electron chi connectivity index (χ4n) is 3.43. The Morgan fingerprint density at radius 3 is 2.71 bits per heavy atom. The molecule has 0 aromatic rings. The van der Waals surface area contributed by atoms with Crippen LogP contribution < -0.4 is 0 Å². The zero-order valence-corrected chi connectivity index (χ0v) is 12.0. The maximum atomic E-state index is 6.14. The summed E-state index contributed by atoms with van der Waals surface area (Å²) in [5.74, 6) is 1.53. The molecule has 0 aromatic heterocycles. The summed E-state index contributed by atoms with van der Waals surface area (Å²) in [7, 11) is 0. The van der Waals surface area contributed by atoms with Crippen LogP contribution in [0.4, 0.5) is 0 Å². The van der Waals surface area contributed by atoms with Crippen LogP contribution in [0.5, 0.6) is 0 Å². The van der Waals surface area contributed by atoms with Crippen LogP contribution in [0.25, 0.3) is 0 Å². The number of hydrogen-bond acceptors (Lipinski definition) is 2. The number of hydrogen-bond donors (Lipinski definition) is 0. The van der Waals surface area contributed by atoms with Crippen molar-refractivity contribution in [1.82, 2.24) is 4.90 Å². The molecule has 100 valence electrons. The lowest BCUT2D eigenvalue weighted by molar-refractivity contribution is -0.0983. The molecule has 2 nitrogen and oxygen atoms in total. The van der Waals surface area contributed by atoms with Crippen LogP contribution in [-0.4, -0.2) is 42.1 Å². The van der Waals surface area contributed by atoms with Crippen LogP contribution in [0.2, 0.25) is 0 Å². The second kappa shape index (κ2) is 6.40. The van der Waals surface area contributed by atoms with Crippen molar-refractivity contribution in [1.29, 1.82) is 0 Å². The molecule has 0 amide bonds. The lowest BCUT2D eigenvalue weighted by atomic mass is 9.84. The molecule has 3 heteroatoms. The third-order valence-electron chi connectivity index (χ3n) is 4.35. The standard InChI is InChI=1S/C14H26ClNO/c1-3-13-10-16(9-11(2)17-13)14-7-5-4-6-12(14)8-15/h11-14H,3-10H2,1-2H3. The first-order chi connectivity index (χ1) is 8.24. The Kier molecular flexibility index (Phi) is 5.13. The molecule has 2 fully saturated rings. The summed E-state index contributed by atoms with van der Waals surface area (Å²) in [6.45, 7) is 6.63. The molecule has 2 rings (SSSR count). The zero-order valence-electron chi connectivity index (χ0n) is 11.2. The molecule has 4 unspecified atom stereocenters. The SMILES string of the molecule is CCC1CN(C2CCCCC2CCl)CC(C)O1. The monoisotopic (exact) mass is 259 g/mol. The van der Waals surface area contributed by atoms with Crippen LogP contribution in [0.3, 0.4) is 0 Å². The number of alkyl halides is 1. The number of nitrogens with zero attached hydrogens (tertiary/aromatic N) is 1. The zero-order chi connectivity index (χ0) is 12.3. The van der Waals surface area contributed by atoms with E-state index < -0.39 is 0 Å². The van der Waals surface area contributed by atoms with E-state index in [1.165, 1.54) is 25.7 Å². The average Bonchev–Trinajstić information content (AvgIpc) is 2.37. The van der Waals surface area contributed by atoms with Gasteiger partial charge in [-0.15, -0.1) is 11.6 Å². The van der Waals surface area contributed by atoms with Crippen LogP contribution in [0.1, 0.15) is 46.0 Å². The smallest absolute Gasteiger partial charge is 0.0703 e. The van der Waals surface area contributed by atoms with Gasteiger partial charge in [-0.1, -0.05) is 19.8 Å². The number of rotatable bonds is 3. The summed E-state index contributed by atoms with van der Waals surface area (Å²) in [5, 5.41) is 0. The van der Waals surface area contributed by atoms with E-state index in [-0.39, 0.29) is 0 Å². The first-order valence-corrected chi connectivity index (χ1v) is 7.73. The van der Waals surface area contributed by atoms with Gasteiger partial charge in [0.25, 0.3) is 0 Å². The van der Waals surface area contributed by atoms with Crippen molar-refractivity contribution in [2.45, 2.75) is 64.2 Å². The maximum absolute atomic E-state index is 6.14. The molecule has 4 atom stereocenters. The second-order valence-corrected chi connectivity index (χ2v) is 6.01. The van der Waals surface area contributed by atoms with Gasteiger partial charge in [0, 0.05) is 25.0 Å². The second-order valence-electron chi connectivity index (χ2n) is 5.70. The van der Waals surface area contributed by atoms with E-state index in [4.69, 9.17) is 16.3 Å². The van der Waals surface area contributed by atoms with Gasteiger partial charge in [0.15, 0.2) is 0 Å². The first-order valence-electron chi connectivity index (χ1n) is 7.20. The van der Waals surface area contributed by atoms with Crippen molar-refractivity contribution >= 4 is 11.6 Å². The van der Waals surface area contributed by atoms with Crippen molar-refractivity contribution in [3.05, 3.63) is 0 Å². The summed E-state index contributed by atoms with van der Waals surface area (Å²) in [4.78, 5) is 2.66. The van der Waals surface area contributed by atoms with Gasteiger partial charge in [-0.25, -0.2) is 0 Å². The molecule has 1 saturated heterocycles. The lowest BCUT2D eigenvalue weighted by Gasteiger charge is -2.45. The van der Waals surface area contributed by atoms with E-state index >= 15 is 0 Å². The minimum absolute atomic E-state index is 0.381. The van der Waals surface area contributed by atoms with Gasteiger partial charge in [0.1, 0.15) is 0 Å². The molecule has 1 aliphatic heterocycles. The first kappa shape index (κ1) is 13.6. The van der Waals surface area contributed by atoms with Crippen molar-refractivity contribution in [2.24, 2.45) is 5.92 Å². The predicted molar refractivity (Wildman–Crippen MR) is 72.7 cm³/mol. The third kappa shape index (κ3) is 3.36. The van der Waals surface area contributed by atoms with E-state index in [2.05, 4.69) is 18.7 Å². The van der Waals surface area contributed by atoms with Gasteiger partial charge in [-0.2, -0.15) is 0 Å². The van der Waals surface area contributed by atoms with Crippen LogP contribution in [0, 0.1) is 5.92 Å². The Morgan fingerprint density at radius 1 is 1.24 bits per heavy atom. The fraction of sp³-hybridized carbons (Fsp3) is 1.00. The molecular formula is C14H26ClNO. The van der Waals surface area contributed by atoms with E-state index in [1.807, 2.05) is 0 Å². The topological polar surface area (TPSA) is 12.5 Å². The van der Waals surface area contributed by atoms with E-state index in [0.717, 1.165) is 25.4 Å². The Labute approximate surface area is 111 Å². The van der Waals surface area contributed by atoms with Crippen molar-refractivity contribution in [3.63, 3.8) is 0 Å². The lowest BCUT2D eigenvalue weighted by Crippen LogP contribution is -2.53. The number of halogens is 1. The van der Waals surface area contributed by atoms with E-state index in [9.17, 15) is 0 Å². The average molecular weight is 260 g/mol. The molecular weight excluding hydrogens is 234 g/mol. The van der Waals surface area contributed by atoms with Gasteiger partial charge in [0.05, 0.1) is 12.2 Å². The molecule has 0 radical (unpaired) electrons. The maximum Gasteiger partial charge on any atom is 0.0703 e. The predicted octanol–water partition coefficient (Wildman–Crippen LogP) is 3.28. The molecule has 1 aliphatic carbocycles. The molecule has 0 aromatic carbocycles. The quantitative estimate of drug-likeness (QED) is 0.722. The summed E-state index contributed by atoms with van der Waals surface area (Å²) in [6, 6.07) is 0.710. The number of ether oxygens (including phenoxy) is 1. The van der Waals surface area contributed by atoms with E-state index in [1.54, 1.807) is 0 Å². The van der Waals surface area contributed by atoms with Gasteiger partial charge in [0.2, 0.25) is 0 Å². The highest BCUT2D eigenvalue weighted by molar-refractivity contribution is 6.18.